The number of anilines is 1. The van der Waals surface area contributed by atoms with Gasteiger partial charge in [0.05, 0.1) is 25.3 Å². The first-order chi connectivity index (χ1) is 9.87. The van der Waals surface area contributed by atoms with Crippen LogP contribution in [0.1, 0.15) is 27.6 Å². The van der Waals surface area contributed by atoms with Gasteiger partial charge in [-0.1, -0.05) is 0 Å². The molecule has 1 aromatic rings. The van der Waals surface area contributed by atoms with E-state index in [9.17, 15) is 14.4 Å². The number of esters is 2. The van der Waals surface area contributed by atoms with E-state index in [4.69, 9.17) is 12.2 Å². The van der Waals surface area contributed by atoms with Crippen LogP contribution in [0.5, 0.6) is 0 Å². The average Bonchev–Trinajstić information content (AvgIpc) is 2.44. The fourth-order valence-electron chi connectivity index (χ4n) is 1.49. The predicted octanol–water partition coefficient (Wildman–Crippen LogP) is 1.09. The lowest BCUT2D eigenvalue weighted by Crippen LogP contribution is -2.32. The molecule has 2 N–H and O–H groups in total. The van der Waals surface area contributed by atoms with Gasteiger partial charge in [-0.3, -0.25) is 4.79 Å². The third-order valence-corrected chi connectivity index (χ3v) is 2.53. The molecule has 21 heavy (non-hydrogen) atoms. The fraction of sp³-hybridized carbons (Fsp3) is 0.231. The Labute approximate surface area is 126 Å². The van der Waals surface area contributed by atoms with Gasteiger partial charge in [0.25, 0.3) is 0 Å². The van der Waals surface area contributed by atoms with Crippen molar-refractivity contribution >= 4 is 40.9 Å². The largest absolute Gasteiger partial charge is 0.465 e. The SMILES string of the molecule is COC(=O)c1cc(NC(=S)NC(C)=O)cc(C(=O)OC)c1. The molecular formula is C13H14N2O5S. The Kier molecular flexibility index (Phi) is 5.79. The predicted molar refractivity (Wildman–Crippen MR) is 79.2 cm³/mol. The molecule has 7 nitrogen and oxygen atoms in total. The molecule has 0 saturated carbocycles. The molecule has 0 aliphatic carbocycles. The van der Waals surface area contributed by atoms with Crippen molar-refractivity contribution in [1.29, 1.82) is 0 Å². The van der Waals surface area contributed by atoms with Gasteiger partial charge in [-0.2, -0.15) is 0 Å². The number of methoxy groups -OCH3 is 2. The van der Waals surface area contributed by atoms with Gasteiger partial charge in [0.2, 0.25) is 5.91 Å². The summed E-state index contributed by atoms with van der Waals surface area (Å²) in [6.07, 6.45) is 0. The first-order valence-corrected chi connectivity index (χ1v) is 6.18. The smallest absolute Gasteiger partial charge is 0.337 e. The van der Waals surface area contributed by atoms with Crippen molar-refractivity contribution in [3.05, 3.63) is 29.3 Å². The van der Waals surface area contributed by atoms with Crippen molar-refractivity contribution in [1.82, 2.24) is 5.32 Å². The van der Waals surface area contributed by atoms with E-state index in [0.29, 0.717) is 5.69 Å². The first-order valence-electron chi connectivity index (χ1n) is 5.77. The van der Waals surface area contributed by atoms with Crippen molar-refractivity contribution in [2.75, 3.05) is 19.5 Å². The molecule has 0 spiro atoms. The maximum atomic E-state index is 11.6. The van der Waals surface area contributed by atoms with Gasteiger partial charge in [-0.25, -0.2) is 9.59 Å². The number of carbonyl (C=O) groups is 3. The highest BCUT2D eigenvalue weighted by Gasteiger charge is 2.14. The van der Waals surface area contributed by atoms with Gasteiger partial charge in [0.1, 0.15) is 0 Å². The third kappa shape index (κ3) is 4.84. The highest BCUT2D eigenvalue weighted by molar-refractivity contribution is 7.80. The summed E-state index contributed by atoms with van der Waals surface area (Å²) in [5.41, 5.74) is 0.638. The summed E-state index contributed by atoms with van der Waals surface area (Å²) in [4.78, 5) is 34.1. The van der Waals surface area contributed by atoms with Crippen LogP contribution in [0, 0.1) is 0 Å². The van der Waals surface area contributed by atoms with Gasteiger partial charge < -0.3 is 20.1 Å². The Balaban J connectivity index is 3.12. The number of ether oxygens (including phenoxy) is 2. The molecule has 0 atom stereocenters. The minimum Gasteiger partial charge on any atom is -0.465 e. The highest BCUT2D eigenvalue weighted by Crippen LogP contribution is 2.17. The van der Waals surface area contributed by atoms with Gasteiger partial charge in [-0.15, -0.1) is 0 Å². The molecule has 0 unspecified atom stereocenters. The molecule has 0 bridgehead atoms. The van der Waals surface area contributed by atoms with E-state index in [1.807, 2.05) is 0 Å². The zero-order chi connectivity index (χ0) is 16.0. The third-order valence-electron chi connectivity index (χ3n) is 2.32. The number of benzene rings is 1. The minimum absolute atomic E-state index is 0.0420. The van der Waals surface area contributed by atoms with E-state index in [0.717, 1.165) is 0 Å². The van der Waals surface area contributed by atoms with Gasteiger partial charge in [0.15, 0.2) is 5.11 Å². The summed E-state index contributed by atoms with van der Waals surface area (Å²) in [6, 6.07) is 4.21. The zero-order valence-corrected chi connectivity index (χ0v) is 12.5. The molecule has 0 radical (unpaired) electrons. The second kappa shape index (κ2) is 7.34. The van der Waals surface area contributed by atoms with Crippen molar-refractivity contribution < 1.29 is 23.9 Å². The van der Waals surface area contributed by atoms with Crippen molar-refractivity contribution in [3.63, 3.8) is 0 Å². The average molecular weight is 310 g/mol. The summed E-state index contributed by atoms with van der Waals surface area (Å²) < 4.78 is 9.22. The van der Waals surface area contributed by atoms with Crippen molar-refractivity contribution in [2.24, 2.45) is 0 Å². The molecule has 0 saturated heterocycles. The molecule has 1 rings (SSSR count). The van der Waals surface area contributed by atoms with E-state index in [1.54, 1.807) is 0 Å². The first kappa shape index (κ1) is 16.6. The Morgan fingerprint density at radius 1 is 1.00 bits per heavy atom. The van der Waals surface area contributed by atoms with E-state index < -0.39 is 11.9 Å². The van der Waals surface area contributed by atoms with E-state index in [2.05, 4.69) is 20.1 Å². The number of hydrogen-bond donors (Lipinski definition) is 2. The maximum Gasteiger partial charge on any atom is 0.337 e. The van der Waals surface area contributed by atoms with Gasteiger partial charge >= 0.3 is 11.9 Å². The number of thiocarbonyl (C=S) groups is 1. The fourth-order valence-corrected chi connectivity index (χ4v) is 1.75. The topological polar surface area (TPSA) is 93.7 Å². The van der Waals surface area contributed by atoms with Crippen LogP contribution in [0.4, 0.5) is 5.69 Å². The molecule has 8 heteroatoms. The van der Waals surface area contributed by atoms with Crippen molar-refractivity contribution in [2.45, 2.75) is 6.92 Å². The van der Waals surface area contributed by atoms with Crippen LogP contribution in [0.15, 0.2) is 18.2 Å². The number of hydrogen-bond acceptors (Lipinski definition) is 6. The van der Waals surface area contributed by atoms with Crippen LogP contribution < -0.4 is 10.6 Å². The van der Waals surface area contributed by atoms with Crippen molar-refractivity contribution in [3.8, 4) is 0 Å². The minimum atomic E-state index is -0.616. The summed E-state index contributed by atoms with van der Waals surface area (Å²) in [5, 5.41) is 5.10. The van der Waals surface area contributed by atoms with Gasteiger partial charge in [-0.05, 0) is 30.4 Å². The zero-order valence-electron chi connectivity index (χ0n) is 11.7. The molecular weight excluding hydrogens is 296 g/mol. The van der Waals surface area contributed by atoms with E-state index in [-0.39, 0.29) is 22.1 Å². The lowest BCUT2D eigenvalue weighted by molar-refractivity contribution is -0.117. The summed E-state index contributed by atoms with van der Waals surface area (Å²) in [6.45, 7) is 1.30. The maximum absolute atomic E-state index is 11.6. The molecule has 1 aromatic carbocycles. The van der Waals surface area contributed by atoms with E-state index >= 15 is 0 Å². The molecule has 0 heterocycles. The Hall–Kier alpha value is -2.48. The quantitative estimate of drug-likeness (QED) is 0.637. The number of amides is 1. The summed E-state index contributed by atoms with van der Waals surface area (Å²) in [5.74, 6) is -1.58. The lowest BCUT2D eigenvalue weighted by atomic mass is 10.1. The van der Waals surface area contributed by atoms with Gasteiger partial charge in [0, 0.05) is 12.6 Å². The second-order valence-corrected chi connectivity index (χ2v) is 4.33. The Morgan fingerprint density at radius 3 is 1.86 bits per heavy atom. The second-order valence-electron chi connectivity index (χ2n) is 3.92. The molecule has 0 fully saturated rings. The van der Waals surface area contributed by atoms with Crippen LogP contribution in [0.3, 0.4) is 0 Å². The molecule has 0 aromatic heterocycles. The van der Waals surface area contributed by atoms with Crippen LogP contribution >= 0.6 is 12.2 Å². The number of rotatable bonds is 3. The summed E-state index contributed by atoms with van der Waals surface area (Å²) >= 11 is 4.91. The highest BCUT2D eigenvalue weighted by atomic mass is 32.1. The van der Waals surface area contributed by atoms with Crippen LogP contribution in [0.2, 0.25) is 0 Å². The Bertz CT molecular complexity index is 566. The molecule has 0 aliphatic heterocycles. The standard InChI is InChI=1S/C13H14N2O5S/c1-7(16)14-13(21)15-10-5-8(11(17)19-2)4-9(6-10)12(18)20-3/h4-6H,1-3H3,(H2,14,15,16,21). The normalized spacial score (nSPS) is 9.48. The molecule has 0 aliphatic rings. The monoisotopic (exact) mass is 310 g/mol. The van der Waals surface area contributed by atoms with E-state index in [1.165, 1.54) is 39.3 Å². The molecule has 1 amide bonds. The number of nitrogens with one attached hydrogen (secondary N) is 2. The van der Waals surface area contributed by atoms with Crippen LogP contribution in [0.25, 0.3) is 0 Å². The molecule has 112 valence electrons. The number of carbonyl (C=O) groups excluding carboxylic acids is 3. The van der Waals surface area contributed by atoms with Crippen LogP contribution in [-0.4, -0.2) is 37.2 Å². The Morgan fingerprint density at radius 2 is 1.48 bits per heavy atom. The lowest BCUT2D eigenvalue weighted by Gasteiger charge is -2.11. The summed E-state index contributed by atoms with van der Waals surface area (Å²) in [7, 11) is 2.45. The van der Waals surface area contributed by atoms with Crippen LogP contribution in [-0.2, 0) is 14.3 Å².